The van der Waals surface area contributed by atoms with Crippen molar-refractivity contribution in [3.05, 3.63) is 30.1 Å². The van der Waals surface area contributed by atoms with Crippen LogP contribution in [0, 0.1) is 23.1 Å². The SMILES string of the molecule is CC1CCC1(C#N)Sc1cccc(F)c1. The molecule has 2 unspecified atom stereocenters. The molecule has 1 saturated carbocycles. The third kappa shape index (κ3) is 1.87. The van der Waals surface area contributed by atoms with Gasteiger partial charge in [0.15, 0.2) is 0 Å². The lowest BCUT2D eigenvalue weighted by molar-refractivity contribution is 0.297. The standard InChI is InChI=1S/C12H12FNS/c1-9-5-6-12(9,8-14)15-11-4-2-3-10(13)7-11/h2-4,7,9H,5-6H2,1H3. The van der Waals surface area contributed by atoms with Gasteiger partial charge in [-0.05, 0) is 37.0 Å². The molecule has 0 aromatic heterocycles. The number of rotatable bonds is 2. The number of thioether (sulfide) groups is 1. The van der Waals surface area contributed by atoms with Crippen molar-refractivity contribution in [1.82, 2.24) is 0 Å². The van der Waals surface area contributed by atoms with Gasteiger partial charge in [0.05, 0.1) is 6.07 Å². The second-order valence-corrected chi connectivity index (χ2v) is 5.40. The number of hydrogen-bond donors (Lipinski definition) is 0. The van der Waals surface area contributed by atoms with Crippen molar-refractivity contribution in [3.63, 3.8) is 0 Å². The number of nitriles is 1. The van der Waals surface area contributed by atoms with E-state index in [0.717, 1.165) is 17.7 Å². The van der Waals surface area contributed by atoms with Crippen molar-refractivity contribution in [3.8, 4) is 6.07 Å². The molecule has 3 heteroatoms. The average Bonchev–Trinajstić information content (AvgIpc) is 2.24. The van der Waals surface area contributed by atoms with Gasteiger partial charge in [-0.25, -0.2) is 4.39 Å². The second-order valence-electron chi connectivity index (χ2n) is 4.00. The highest BCUT2D eigenvalue weighted by molar-refractivity contribution is 8.01. The Morgan fingerprint density at radius 1 is 1.60 bits per heavy atom. The average molecular weight is 221 g/mol. The largest absolute Gasteiger partial charge is 0.207 e. The van der Waals surface area contributed by atoms with Crippen LogP contribution in [-0.4, -0.2) is 4.75 Å². The van der Waals surface area contributed by atoms with E-state index in [1.54, 1.807) is 6.07 Å². The molecule has 78 valence electrons. The summed E-state index contributed by atoms with van der Waals surface area (Å²) in [7, 11) is 0. The maximum atomic E-state index is 13.0. The lowest BCUT2D eigenvalue weighted by Crippen LogP contribution is -2.40. The molecule has 0 amide bonds. The van der Waals surface area contributed by atoms with Gasteiger partial charge in [0.2, 0.25) is 0 Å². The third-order valence-electron chi connectivity index (χ3n) is 3.03. The van der Waals surface area contributed by atoms with Crippen molar-refractivity contribution in [2.75, 3.05) is 0 Å². The van der Waals surface area contributed by atoms with Crippen LogP contribution in [-0.2, 0) is 0 Å². The Morgan fingerprint density at radius 3 is 2.87 bits per heavy atom. The predicted molar refractivity (Wildman–Crippen MR) is 59.0 cm³/mol. The van der Waals surface area contributed by atoms with Crippen LogP contribution >= 0.6 is 11.8 Å². The summed E-state index contributed by atoms with van der Waals surface area (Å²) in [5.41, 5.74) is 0. The van der Waals surface area contributed by atoms with E-state index < -0.39 is 0 Å². The van der Waals surface area contributed by atoms with Crippen LogP contribution in [0.25, 0.3) is 0 Å². The van der Waals surface area contributed by atoms with Crippen molar-refractivity contribution < 1.29 is 4.39 Å². The molecule has 0 heterocycles. The molecule has 15 heavy (non-hydrogen) atoms. The highest BCUT2D eigenvalue weighted by Crippen LogP contribution is 2.51. The fourth-order valence-electron chi connectivity index (χ4n) is 1.78. The Morgan fingerprint density at radius 2 is 2.40 bits per heavy atom. The molecule has 1 nitrogen and oxygen atoms in total. The predicted octanol–water partition coefficient (Wildman–Crippen LogP) is 3.61. The lowest BCUT2D eigenvalue weighted by atomic mass is 9.75. The summed E-state index contributed by atoms with van der Waals surface area (Å²) in [6.45, 7) is 2.08. The van der Waals surface area contributed by atoms with Gasteiger partial charge in [0, 0.05) is 4.90 Å². The number of nitrogens with zero attached hydrogens (tertiary/aromatic N) is 1. The van der Waals surface area contributed by atoms with E-state index in [1.807, 2.05) is 6.07 Å². The van der Waals surface area contributed by atoms with Crippen molar-refractivity contribution in [2.45, 2.75) is 29.4 Å². The summed E-state index contributed by atoms with van der Waals surface area (Å²) in [6.07, 6.45) is 2.00. The van der Waals surface area contributed by atoms with E-state index >= 15 is 0 Å². The Labute approximate surface area is 93.3 Å². The molecule has 0 spiro atoms. The monoisotopic (exact) mass is 221 g/mol. The van der Waals surface area contributed by atoms with Gasteiger partial charge in [0.1, 0.15) is 10.6 Å². The number of benzene rings is 1. The first-order chi connectivity index (χ1) is 7.16. The first-order valence-corrected chi connectivity index (χ1v) is 5.84. The Balaban J connectivity index is 2.18. The maximum Gasteiger partial charge on any atom is 0.124 e. The summed E-state index contributed by atoms with van der Waals surface area (Å²) >= 11 is 1.50. The van der Waals surface area contributed by atoms with Gasteiger partial charge in [-0.1, -0.05) is 13.0 Å². The normalized spacial score (nSPS) is 29.3. The minimum absolute atomic E-state index is 0.236. The van der Waals surface area contributed by atoms with Crippen LogP contribution in [0.3, 0.4) is 0 Å². The highest BCUT2D eigenvalue weighted by atomic mass is 32.2. The smallest absolute Gasteiger partial charge is 0.124 e. The summed E-state index contributed by atoms with van der Waals surface area (Å²) in [5.74, 6) is 0.163. The van der Waals surface area contributed by atoms with Gasteiger partial charge in [-0.15, -0.1) is 11.8 Å². The zero-order valence-corrected chi connectivity index (χ0v) is 9.35. The van der Waals surface area contributed by atoms with Crippen LogP contribution in [0.15, 0.2) is 29.2 Å². The zero-order chi connectivity index (χ0) is 10.9. The van der Waals surface area contributed by atoms with Crippen LogP contribution in [0.4, 0.5) is 4.39 Å². The van der Waals surface area contributed by atoms with Crippen LogP contribution in [0.5, 0.6) is 0 Å². The first-order valence-electron chi connectivity index (χ1n) is 5.02. The molecule has 0 aliphatic heterocycles. The van der Waals surface area contributed by atoms with E-state index in [2.05, 4.69) is 13.0 Å². The summed E-state index contributed by atoms with van der Waals surface area (Å²) in [4.78, 5) is 0.850. The molecule has 0 radical (unpaired) electrons. The molecule has 0 bridgehead atoms. The van der Waals surface area contributed by atoms with Gasteiger partial charge in [-0.2, -0.15) is 5.26 Å². The van der Waals surface area contributed by atoms with E-state index in [4.69, 9.17) is 0 Å². The molecule has 1 aromatic rings. The molecule has 0 N–H and O–H groups in total. The molecule has 0 saturated heterocycles. The molecule has 2 rings (SSSR count). The summed E-state index contributed by atoms with van der Waals surface area (Å²) < 4.78 is 12.6. The summed E-state index contributed by atoms with van der Waals surface area (Å²) in [6, 6.07) is 8.84. The minimum Gasteiger partial charge on any atom is -0.207 e. The fourth-order valence-corrected chi connectivity index (χ4v) is 3.10. The van der Waals surface area contributed by atoms with Gasteiger partial charge in [-0.3, -0.25) is 0 Å². The quantitative estimate of drug-likeness (QED) is 0.761. The molecule has 1 aliphatic rings. The lowest BCUT2D eigenvalue weighted by Gasteiger charge is -2.41. The minimum atomic E-state index is -0.326. The zero-order valence-electron chi connectivity index (χ0n) is 8.53. The first kappa shape index (κ1) is 10.5. The molecular weight excluding hydrogens is 209 g/mol. The Hall–Kier alpha value is -1.01. The van der Waals surface area contributed by atoms with E-state index in [-0.39, 0.29) is 10.6 Å². The second kappa shape index (κ2) is 3.86. The summed E-state index contributed by atoms with van der Waals surface area (Å²) in [5, 5.41) is 9.17. The highest BCUT2D eigenvalue weighted by Gasteiger charge is 2.45. The number of hydrogen-bond acceptors (Lipinski definition) is 2. The van der Waals surface area contributed by atoms with Crippen LogP contribution < -0.4 is 0 Å². The molecule has 1 fully saturated rings. The van der Waals surface area contributed by atoms with E-state index in [0.29, 0.717) is 5.92 Å². The van der Waals surface area contributed by atoms with E-state index in [1.165, 1.54) is 23.9 Å². The van der Waals surface area contributed by atoms with Crippen LogP contribution in [0.1, 0.15) is 19.8 Å². The molecular formula is C12H12FNS. The topological polar surface area (TPSA) is 23.8 Å². The van der Waals surface area contributed by atoms with Gasteiger partial charge < -0.3 is 0 Å². The number of halogens is 1. The van der Waals surface area contributed by atoms with Gasteiger partial charge in [0.25, 0.3) is 0 Å². The van der Waals surface area contributed by atoms with Crippen LogP contribution in [0.2, 0.25) is 0 Å². The Bertz CT molecular complexity index is 412. The molecule has 2 atom stereocenters. The molecule has 1 aromatic carbocycles. The fraction of sp³-hybridized carbons (Fsp3) is 0.417. The molecule has 1 aliphatic carbocycles. The van der Waals surface area contributed by atoms with E-state index in [9.17, 15) is 9.65 Å². The maximum absolute atomic E-state index is 13.0. The van der Waals surface area contributed by atoms with Crippen molar-refractivity contribution >= 4 is 11.8 Å². The van der Waals surface area contributed by atoms with Gasteiger partial charge >= 0.3 is 0 Å². The third-order valence-corrected chi connectivity index (χ3v) is 4.58. The Kier molecular flexibility index (Phi) is 2.70. The van der Waals surface area contributed by atoms with Crippen molar-refractivity contribution in [1.29, 1.82) is 5.26 Å². The van der Waals surface area contributed by atoms with Crippen molar-refractivity contribution in [2.24, 2.45) is 5.92 Å².